The average molecular weight is 372 g/mol. The van der Waals surface area contributed by atoms with Gasteiger partial charge in [0.15, 0.2) is 3.95 Å². The number of amides is 1. The molecule has 3 aliphatic rings. The molecule has 2 fully saturated rings. The summed E-state index contributed by atoms with van der Waals surface area (Å²) < 4.78 is 0.670. The minimum Gasteiger partial charge on any atom is -0.365 e. The van der Waals surface area contributed by atoms with Crippen LogP contribution in [0.25, 0.3) is 0 Å². The molecule has 4 rings (SSSR count). The first-order valence-electron chi connectivity index (χ1n) is 8.60. The Kier molecular flexibility index (Phi) is 4.41. The Morgan fingerprint density at radius 2 is 1.96 bits per heavy atom. The van der Waals surface area contributed by atoms with Crippen LogP contribution in [-0.2, 0) is 0 Å². The molecule has 1 aromatic rings. The highest BCUT2D eigenvalue weighted by molar-refractivity contribution is 7.73. The van der Waals surface area contributed by atoms with E-state index in [1.54, 1.807) is 0 Å². The van der Waals surface area contributed by atoms with E-state index in [1.807, 2.05) is 0 Å². The molecule has 2 aliphatic carbocycles. The zero-order valence-electron chi connectivity index (χ0n) is 13.0. The Bertz CT molecular complexity index is 652. The van der Waals surface area contributed by atoms with E-state index in [2.05, 4.69) is 15.2 Å². The number of halogens is 1. The van der Waals surface area contributed by atoms with Crippen LogP contribution >= 0.6 is 35.2 Å². The van der Waals surface area contributed by atoms with Gasteiger partial charge in [-0.1, -0.05) is 30.6 Å². The highest BCUT2D eigenvalue weighted by Crippen LogP contribution is 2.38. The number of H-pyrrole nitrogens is 1. The lowest BCUT2D eigenvalue weighted by atomic mass is 9.85. The molecular weight excluding hydrogens is 350 g/mol. The summed E-state index contributed by atoms with van der Waals surface area (Å²) in [6, 6.07) is 0.829. The molecule has 1 aliphatic heterocycles. The maximum atomic E-state index is 13.3. The third kappa shape index (κ3) is 2.94. The summed E-state index contributed by atoms with van der Waals surface area (Å²) in [5.74, 6) is 0.973. The van der Waals surface area contributed by atoms with Crippen molar-refractivity contribution in [3.63, 3.8) is 0 Å². The summed E-state index contributed by atoms with van der Waals surface area (Å²) in [4.78, 5) is 19.4. The smallest absolute Gasteiger partial charge is 0.268 e. The summed E-state index contributed by atoms with van der Waals surface area (Å²) in [7, 11) is 0. The van der Waals surface area contributed by atoms with Crippen molar-refractivity contribution in [2.45, 2.75) is 74.9 Å². The molecule has 2 saturated carbocycles. The Morgan fingerprint density at radius 3 is 2.74 bits per heavy atom. The maximum absolute atomic E-state index is 13.3. The number of hydrogen-bond donors (Lipinski definition) is 2. The molecule has 2 N–H and O–H groups in total. The summed E-state index contributed by atoms with van der Waals surface area (Å²) in [6.45, 7) is 0. The minimum absolute atomic E-state index is 0.148. The van der Waals surface area contributed by atoms with E-state index in [-0.39, 0.29) is 23.4 Å². The van der Waals surface area contributed by atoms with Crippen LogP contribution in [0.3, 0.4) is 0 Å². The van der Waals surface area contributed by atoms with Gasteiger partial charge in [0.1, 0.15) is 10.7 Å². The lowest BCUT2D eigenvalue weighted by Crippen LogP contribution is -2.55. The highest BCUT2D eigenvalue weighted by atomic mass is 35.5. The fourth-order valence-electron chi connectivity index (χ4n) is 4.40. The predicted octanol–water partition coefficient (Wildman–Crippen LogP) is 4.53. The fourth-order valence-corrected chi connectivity index (χ4v) is 5.81. The van der Waals surface area contributed by atoms with E-state index >= 15 is 0 Å². The Morgan fingerprint density at radius 1 is 1.17 bits per heavy atom. The first-order valence-corrected chi connectivity index (χ1v) is 10.3. The standard InChI is InChI=1S/C16H22ClN3OS2/c17-9-6-7-11-12(8-9)20(10-4-2-1-3-5-10)15(21)13-14(18-11)19-16(22)23-13/h9-12,18H,1-8H2,(H,19,22). The maximum Gasteiger partial charge on any atom is 0.268 e. The molecule has 1 amide bonds. The van der Waals surface area contributed by atoms with Gasteiger partial charge < -0.3 is 15.2 Å². The molecule has 2 heterocycles. The molecule has 23 heavy (non-hydrogen) atoms. The third-order valence-electron chi connectivity index (χ3n) is 5.49. The third-order valence-corrected chi connectivity index (χ3v) is 7.10. The lowest BCUT2D eigenvalue weighted by molar-refractivity contribution is 0.0446. The van der Waals surface area contributed by atoms with Crippen LogP contribution in [0.1, 0.15) is 61.0 Å². The number of alkyl halides is 1. The van der Waals surface area contributed by atoms with Gasteiger partial charge >= 0.3 is 0 Å². The fraction of sp³-hybridized carbons (Fsp3) is 0.750. The van der Waals surface area contributed by atoms with Crippen LogP contribution in [0.15, 0.2) is 0 Å². The monoisotopic (exact) mass is 371 g/mol. The number of rotatable bonds is 1. The van der Waals surface area contributed by atoms with Crippen LogP contribution in [0.5, 0.6) is 0 Å². The molecule has 7 heteroatoms. The molecular formula is C16H22ClN3OS2. The molecule has 0 radical (unpaired) electrons. The highest BCUT2D eigenvalue weighted by Gasteiger charge is 2.43. The first-order chi connectivity index (χ1) is 11.1. The molecule has 126 valence electrons. The molecule has 1 aromatic heterocycles. The quantitative estimate of drug-likeness (QED) is 0.563. The number of nitrogens with zero attached hydrogens (tertiary/aromatic N) is 1. The normalized spacial score (nSPS) is 32.0. The van der Waals surface area contributed by atoms with Crippen molar-refractivity contribution in [1.82, 2.24) is 9.88 Å². The number of thiazole rings is 1. The van der Waals surface area contributed by atoms with Gasteiger partial charge in [-0.05, 0) is 44.3 Å². The number of anilines is 1. The van der Waals surface area contributed by atoms with Crippen LogP contribution in [0, 0.1) is 3.95 Å². The molecule has 4 nitrogen and oxygen atoms in total. The molecule has 0 bridgehead atoms. The summed E-state index contributed by atoms with van der Waals surface area (Å²) in [6.07, 6.45) is 8.86. The van der Waals surface area contributed by atoms with Crippen molar-refractivity contribution in [3.8, 4) is 0 Å². The van der Waals surface area contributed by atoms with E-state index in [0.717, 1.165) is 42.8 Å². The summed E-state index contributed by atoms with van der Waals surface area (Å²) in [5, 5.41) is 3.74. The van der Waals surface area contributed by atoms with Crippen LogP contribution in [0.4, 0.5) is 5.82 Å². The van der Waals surface area contributed by atoms with E-state index in [0.29, 0.717) is 10.00 Å². The number of carbonyl (C=O) groups is 1. The second-order valence-electron chi connectivity index (χ2n) is 6.95. The Labute approximate surface area is 150 Å². The van der Waals surface area contributed by atoms with Gasteiger partial charge in [-0.3, -0.25) is 4.79 Å². The number of carbonyl (C=O) groups excluding carboxylic acids is 1. The van der Waals surface area contributed by atoms with Crippen molar-refractivity contribution >= 4 is 46.9 Å². The minimum atomic E-state index is 0.148. The first kappa shape index (κ1) is 15.9. The Hall–Kier alpha value is -0.590. The van der Waals surface area contributed by atoms with Gasteiger partial charge in [-0.25, -0.2) is 0 Å². The van der Waals surface area contributed by atoms with Crippen molar-refractivity contribution in [3.05, 3.63) is 8.83 Å². The van der Waals surface area contributed by atoms with Crippen molar-refractivity contribution in [2.75, 3.05) is 5.32 Å². The Balaban J connectivity index is 1.74. The van der Waals surface area contributed by atoms with E-state index < -0.39 is 0 Å². The van der Waals surface area contributed by atoms with Gasteiger partial charge in [-0.15, -0.1) is 11.6 Å². The van der Waals surface area contributed by atoms with Crippen molar-refractivity contribution in [1.29, 1.82) is 0 Å². The zero-order chi connectivity index (χ0) is 16.0. The number of aromatic nitrogens is 1. The van der Waals surface area contributed by atoms with Gasteiger partial charge in [0.25, 0.3) is 5.91 Å². The van der Waals surface area contributed by atoms with E-state index in [4.69, 9.17) is 23.8 Å². The summed E-state index contributed by atoms with van der Waals surface area (Å²) in [5.41, 5.74) is 0. The second kappa shape index (κ2) is 6.37. The second-order valence-corrected chi connectivity index (χ2v) is 9.26. The molecule has 0 saturated heterocycles. The zero-order valence-corrected chi connectivity index (χ0v) is 15.4. The van der Waals surface area contributed by atoms with Crippen LogP contribution < -0.4 is 5.32 Å². The number of fused-ring (bicyclic) bond motifs is 2. The lowest BCUT2D eigenvalue weighted by Gasteiger charge is -2.44. The summed E-state index contributed by atoms with van der Waals surface area (Å²) >= 11 is 13.1. The predicted molar refractivity (Wildman–Crippen MR) is 97.2 cm³/mol. The number of aromatic amines is 1. The topological polar surface area (TPSA) is 48.1 Å². The van der Waals surface area contributed by atoms with Crippen LogP contribution in [-0.4, -0.2) is 39.3 Å². The van der Waals surface area contributed by atoms with E-state index in [1.165, 1.54) is 30.6 Å². The van der Waals surface area contributed by atoms with E-state index in [9.17, 15) is 4.79 Å². The number of nitrogens with one attached hydrogen (secondary N) is 2. The molecule has 0 spiro atoms. The van der Waals surface area contributed by atoms with Crippen molar-refractivity contribution in [2.24, 2.45) is 0 Å². The number of hydrogen-bond acceptors (Lipinski definition) is 4. The molecule has 3 unspecified atom stereocenters. The van der Waals surface area contributed by atoms with Gasteiger partial charge in [-0.2, -0.15) is 0 Å². The van der Waals surface area contributed by atoms with Crippen molar-refractivity contribution < 1.29 is 4.79 Å². The SMILES string of the molecule is O=C1c2sc(=S)[nH]c2NC2CCC(Cl)CC2N1C1CCCCC1. The van der Waals surface area contributed by atoms with Crippen LogP contribution in [0.2, 0.25) is 0 Å². The largest absolute Gasteiger partial charge is 0.365 e. The average Bonchev–Trinajstić information content (AvgIpc) is 2.87. The van der Waals surface area contributed by atoms with Gasteiger partial charge in [0.05, 0.1) is 6.04 Å². The molecule has 0 aromatic carbocycles. The van der Waals surface area contributed by atoms with Gasteiger partial charge in [0.2, 0.25) is 0 Å². The molecule has 3 atom stereocenters. The van der Waals surface area contributed by atoms with Gasteiger partial charge in [0, 0.05) is 17.5 Å².